The Morgan fingerprint density at radius 3 is 2.44 bits per heavy atom. The summed E-state index contributed by atoms with van der Waals surface area (Å²) < 4.78 is 43.2. The van der Waals surface area contributed by atoms with Gasteiger partial charge in [0, 0.05) is 31.4 Å². The Labute approximate surface area is 188 Å². The van der Waals surface area contributed by atoms with Crippen LogP contribution in [0.2, 0.25) is 5.02 Å². The van der Waals surface area contributed by atoms with E-state index in [2.05, 4.69) is 5.10 Å². The molecule has 2 heterocycles. The molecule has 32 heavy (non-hydrogen) atoms. The van der Waals surface area contributed by atoms with Crippen molar-refractivity contribution in [3.05, 3.63) is 40.3 Å². The maximum absolute atomic E-state index is 14.1. The molecule has 2 aliphatic rings. The van der Waals surface area contributed by atoms with Gasteiger partial charge in [-0.05, 0) is 23.6 Å². The monoisotopic (exact) mass is 468 g/mol. The number of alkyl halides is 2. The van der Waals surface area contributed by atoms with Crippen molar-refractivity contribution in [3.8, 4) is 11.3 Å². The molecule has 1 spiro atoms. The summed E-state index contributed by atoms with van der Waals surface area (Å²) in [5, 5.41) is 4.32. The Hall–Kier alpha value is -2.55. The molecule has 1 saturated carbocycles. The van der Waals surface area contributed by atoms with Crippen LogP contribution in [-0.2, 0) is 16.9 Å². The third-order valence-electron chi connectivity index (χ3n) is 5.91. The molecule has 1 fully saturated rings. The van der Waals surface area contributed by atoms with Crippen LogP contribution in [0.1, 0.15) is 56.1 Å². The molecule has 2 N–H and O–H groups in total. The van der Waals surface area contributed by atoms with E-state index in [1.807, 2.05) is 20.8 Å². The molecule has 6 nitrogen and oxygen atoms in total. The van der Waals surface area contributed by atoms with Gasteiger partial charge in [0.1, 0.15) is 11.5 Å². The van der Waals surface area contributed by atoms with Crippen molar-refractivity contribution in [1.29, 1.82) is 0 Å². The van der Waals surface area contributed by atoms with Gasteiger partial charge in [0.2, 0.25) is 5.91 Å². The van der Waals surface area contributed by atoms with Crippen LogP contribution < -0.4 is 5.73 Å². The second-order valence-corrected chi connectivity index (χ2v) is 10.4. The minimum absolute atomic E-state index is 0.0163. The summed E-state index contributed by atoms with van der Waals surface area (Å²) in [5.74, 6) is -4.55. The van der Waals surface area contributed by atoms with Crippen molar-refractivity contribution in [2.24, 2.45) is 11.1 Å². The summed E-state index contributed by atoms with van der Waals surface area (Å²) in [6.45, 7) is 5.82. The smallest absolute Gasteiger partial charge is 0.252 e. The van der Waals surface area contributed by atoms with Gasteiger partial charge < -0.3 is 10.6 Å². The van der Waals surface area contributed by atoms with E-state index in [4.69, 9.17) is 17.3 Å². The van der Waals surface area contributed by atoms with Gasteiger partial charge in [-0.2, -0.15) is 5.10 Å². The zero-order valence-electron chi connectivity index (χ0n) is 18.0. The first-order chi connectivity index (χ1) is 14.7. The lowest BCUT2D eigenvalue weighted by molar-refractivity contribution is -0.177. The van der Waals surface area contributed by atoms with Gasteiger partial charge in [0.15, 0.2) is 0 Å². The van der Waals surface area contributed by atoms with Gasteiger partial charge in [0.25, 0.3) is 11.8 Å². The maximum Gasteiger partial charge on any atom is 0.252 e. The second-order valence-electron chi connectivity index (χ2n) is 10.00. The van der Waals surface area contributed by atoms with E-state index in [9.17, 15) is 22.8 Å². The predicted molar refractivity (Wildman–Crippen MR) is 113 cm³/mol. The molecule has 0 bridgehead atoms. The molecule has 1 aliphatic carbocycles. The highest BCUT2D eigenvalue weighted by Gasteiger charge is 2.61. The van der Waals surface area contributed by atoms with Gasteiger partial charge >= 0.3 is 0 Å². The highest BCUT2D eigenvalue weighted by Crippen LogP contribution is 2.53. The first-order valence-electron chi connectivity index (χ1n) is 10.2. The van der Waals surface area contributed by atoms with Gasteiger partial charge in [-0.3, -0.25) is 14.3 Å². The summed E-state index contributed by atoms with van der Waals surface area (Å²) in [6, 6.07) is 3.84. The van der Waals surface area contributed by atoms with Crippen LogP contribution in [0.5, 0.6) is 0 Å². The molecule has 2 amide bonds. The SMILES string of the molecule is CC(C)(C)CC(=O)N1Cc2c(C(N)=O)c(-c3ccc(F)c(Cl)c3)nn2C2(C1)CC(F)(F)C2. The molecule has 172 valence electrons. The van der Waals surface area contributed by atoms with Crippen molar-refractivity contribution in [3.63, 3.8) is 0 Å². The van der Waals surface area contributed by atoms with Gasteiger partial charge in [-0.25, -0.2) is 13.2 Å². The number of benzene rings is 1. The minimum Gasteiger partial charge on any atom is -0.365 e. The molecule has 0 atom stereocenters. The van der Waals surface area contributed by atoms with Crippen LogP contribution in [0, 0.1) is 11.2 Å². The Balaban J connectivity index is 1.85. The van der Waals surface area contributed by atoms with Crippen LogP contribution in [0.25, 0.3) is 11.3 Å². The normalized spacial score (nSPS) is 18.9. The van der Waals surface area contributed by atoms with Crippen molar-refractivity contribution < 1.29 is 22.8 Å². The van der Waals surface area contributed by atoms with E-state index >= 15 is 0 Å². The Morgan fingerprint density at radius 1 is 1.25 bits per heavy atom. The number of rotatable bonds is 3. The lowest BCUT2D eigenvalue weighted by Crippen LogP contribution is -2.63. The van der Waals surface area contributed by atoms with E-state index in [0.717, 1.165) is 6.07 Å². The highest BCUT2D eigenvalue weighted by molar-refractivity contribution is 6.31. The number of hydrogen-bond donors (Lipinski definition) is 1. The number of carbonyl (C=O) groups is 2. The zero-order valence-corrected chi connectivity index (χ0v) is 18.8. The third-order valence-corrected chi connectivity index (χ3v) is 6.19. The van der Waals surface area contributed by atoms with Crippen molar-refractivity contribution in [2.75, 3.05) is 6.54 Å². The molecule has 10 heteroatoms. The number of nitrogens with zero attached hydrogens (tertiary/aromatic N) is 3. The quantitative estimate of drug-likeness (QED) is 0.727. The lowest BCUT2D eigenvalue weighted by Gasteiger charge is -2.52. The predicted octanol–water partition coefficient (Wildman–Crippen LogP) is 4.34. The number of halogens is 4. The number of amides is 2. The van der Waals surface area contributed by atoms with Gasteiger partial charge in [-0.15, -0.1) is 0 Å². The van der Waals surface area contributed by atoms with E-state index in [-0.39, 0.29) is 47.1 Å². The molecular weight excluding hydrogens is 445 g/mol. The van der Waals surface area contributed by atoms with Crippen LogP contribution in [0.4, 0.5) is 13.2 Å². The lowest BCUT2D eigenvalue weighted by atomic mass is 9.71. The minimum atomic E-state index is -2.90. The number of nitrogens with two attached hydrogens (primary N) is 1. The third kappa shape index (κ3) is 3.87. The standard InChI is InChI=1S/C22H24ClF3N4O2/c1-20(2,3)7-16(31)29-8-15-17(19(27)32)18(12-4-5-14(24)13(23)6-12)28-30(15)21(11-29)9-22(25,26)10-21/h4-6H,7-11H2,1-3H3,(H2,27,32). The Kier molecular flexibility index (Phi) is 5.11. The molecule has 1 aromatic carbocycles. The maximum atomic E-state index is 14.1. The molecule has 1 aromatic heterocycles. The van der Waals surface area contributed by atoms with Crippen molar-refractivity contribution in [2.45, 2.75) is 58.0 Å². The van der Waals surface area contributed by atoms with Crippen LogP contribution in [0.15, 0.2) is 18.2 Å². The number of hydrogen-bond acceptors (Lipinski definition) is 3. The van der Waals surface area contributed by atoms with Gasteiger partial charge in [0.05, 0.1) is 28.4 Å². The van der Waals surface area contributed by atoms with E-state index in [1.54, 1.807) is 0 Å². The fraction of sp³-hybridized carbons (Fsp3) is 0.500. The fourth-order valence-electron chi connectivity index (χ4n) is 4.67. The molecule has 4 rings (SSSR count). The summed E-state index contributed by atoms with van der Waals surface area (Å²) >= 11 is 5.90. The zero-order chi connectivity index (χ0) is 23.6. The van der Waals surface area contributed by atoms with Gasteiger partial charge in [-0.1, -0.05) is 32.4 Å². The summed E-state index contributed by atoms with van der Waals surface area (Å²) in [6.07, 6.45) is -0.786. The number of primary amides is 1. The molecule has 0 radical (unpaired) electrons. The summed E-state index contributed by atoms with van der Waals surface area (Å²) in [5.41, 5.74) is 5.02. The first-order valence-corrected chi connectivity index (χ1v) is 10.6. The molecule has 0 unspecified atom stereocenters. The largest absolute Gasteiger partial charge is 0.365 e. The number of aromatic nitrogens is 2. The topological polar surface area (TPSA) is 81.2 Å². The first kappa shape index (κ1) is 22.6. The number of fused-ring (bicyclic) bond motifs is 2. The molecule has 2 aromatic rings. The molecule has 0 saturated heterocycles. The average Bonchev–Trinajstić information content (AvgIpc) is 3.01. The van der Waals surface area contributed by atoms with Crippen LogP contribution >= 0.6 is 11.6 Å². The Morgan fingerprint density at radius 2 is 1.91 bits per heavy atom. The van der Waals surface area contributed by atoms with Crippen LogP contribution in [-0.4, -0.2) is 39.0 Å². The highest BCUT2D eigenvalue weighted by atomic mass is 35.5. The molecule has 1 aliphatic heterocycles. The Bertz CT molecular complexity index is 1120. The average molecular weight is 469 g/mol. The summed E-state index contributed by atoms with van der Waals surface area (Å²) in [7, 11) is 0. The number of carbonyl (C=O) groups excluding carboxylic acids is 2. The second kappa shape index (κ2) is 7.23. The molecular formula is C22H24ClF3N4O2. The van der Waals surface area contributed by atoms with Crippen LogP contribution in [0.3, 0.4) is 0 Å². The van der Waals surface area contributed by atoms with E-state index in [1.165, 1.54) is 21.7 Å². The van der Waals surface area contributed by atoms with Crippen molar-refractivity contribution >= 4 is 23.4 Å². The van der Waals surface area contributed by atoms with E-state index < -0.39 is 36.0 Å². The summed E-state index contributed by atoms with van der Waals surface area (Å²) in [4.78, 5) is 26.9. The fourth-order valence-corrected chi connectivity index (χ4v) is 4.85. The van der Waals surface area contributed by atoms with E-state index in [0.29, 0.717) is 11.3 Å². The van der Waals surface area contributed by atoms with Crippen molar-refractivity contribution in [1.82, 2.24) is 14.7 Å².